The molecule has 30 heavy (non-hydrogen) atoms. The molecule has 2 aromatic rings. The summed E-state index contributed by atoms with van der Waals surface area (Å²) in [7, 11) is 7.68. The molecule has 0 saturated carbocycles. The fraction of sp³-hybridized carbons (Fsp3) is 0.522. The predicted molar refractivity (Wildman–Crippen MR) is 121 cm³/mol. The second-order valence-electron chi connectivity index (χ2n) is 7.86. The number of rotatable bonds is 9. The molecule has 0 aliphatic carbocycles. The molecule has 1 aliphatic rings. The Bertz CT molecular complexity index is 785. The first-order chi connectivity index (χ1) is 14.6. The number of likely N-dealkylation sites (N-methyl/N-ethyl adjacent to an activating group) is 1. The molecular formula is C23H35N5O2. The predicted octanol–water partition coefficient (Wildman–Crippen LogP) is 2.89. The van der Waals surface area contributed by atoms with Crippen LogP contribution in [0, 0.1) is 0 Å². The average molecular weight is 414 g/mol. The number of hydrogen-bond acceptors (Lipinski definition) is 5. The molecule has 1 fully saturated rings. The molecule has 2 atom stereocenters. The lowest BCUT2D eigenvalue weighted by molar-refractivity contribution is 0.215. The van der Waals surface area contributed by atoms with Crippen molar-refractivity contribution in [3.05, 3.63) is 54.0 Å². The Morgan fingerprint density at radius 2 is 1.93 bits per heavy atom. The first-order valence-corrected chi connectivity index (χ1v) is 10.6. The highest BCUT2D eigenvalue weighted by Gasteiger charge is 2.25. The average Bonchev–Trinajstić information content (AvgIpc) is 3.47. The number of likely N-dealkylation sites (tertiary alicyclic amines) is 1. The second kappa shape index (κ2) is 11.0. The molecule has 1 saturated heterocycles. The Morgan fingerprint density at radius 1 is 1.17 bits per heavy atom. The molecule has 1 aromatic carbocycles. The van der Waals surface area contributed by atoms with Gasteiger partial charge in [-0.15, -0.1) is 0 Å². The van der Waals surface area contributed by atoms with E-state index in [1.807, 2.05) is 25.2 Å². The highest BCUT2D eigenvalue weighted by molar-refractivity contribution is 5.79. The van der Waals surface area contributed by atoms with Gasteiger partial charge in [-0.1, -0.05) is 12.1 Å². The van der Waals surface area contributed by atoms with Crippen molar-refractivity contribution in [2.75, 3.05) is 54.4 Å². The van der Waals surface area contributed by atoms with E-state index >= 15 is 0 Å². The van der Waals surface area contributed by atoms with Gasteiger partial charge in [0.1, 0.15) is 11.5 Å². The minimum absolute atomic E-state index is 0.193. The van der Waals surface area contributed by atoms with Crippen molar-refractivity contribution >= 4 is 5.96 Å². The van der Waals surface area contributed by atoms with Gasteiger partial charge in [-0.05, 0) is 69.9 Å². The molecule has 0 amide bonds. The van der Waals surface area contributed by atoms with Crippen LogP contribution in [0.25, 0.3) is 0 Å². The van der Waals surface area contributed by atoms with Crippen molar-refractivity contribution in [1.82, 2.24) is 20.4 Å². The Balaban J connectivity index is 1.61. The minimum atomic E-state index is 0.193. The zero-order chi connectivity index (χ0) is 21.3. The molecular weight excluding hydrogens is 378 g/mol. The topological polar surface area (TPSA) is 65.3 Å². The number of nitrogens with zero attached hydrogens (tertiary/aromatic N) is 3. The lowest BCUT2D eigenvalue weighted by atomic mass is 10.1. The number of aliphatic imine (C=N–C) groups is 1. The summed E-state index contributed by atoms with van der Waals surface area (Å²) in [5.41, 5.74) is 1.20. The minimum Gasteiger partial charge on any atom is -0.497 e. The van der Waals surface area contributed by atoms with Gasteiger partial charge in [0.25, 0.3) is 0 Å². The Kier molecular flexibility index (Phi) is 8.16. The van der Waals surface area contributed by atoms with Crippen LogP contribution in [0.4, 0.5) is 0 Å². The maximum Gasteiger partial charge on any atom is 0.191 e. The smallest absolute Gasteiger partial charge is 0.191 e. The Hall–Kier alpha value is -2.51. The maximum atomic E-state index is 5.72. The van der Waals surface area contributed by atoms with Crippen LogP contribution in [-0.2, 0) is 0 Å². The summed E-state index contributed by atoms with van der Waals surface area (Å²) in [4.78, 5) is 9.11. The zero-order valence-electron chi connectivity index (χ0n) is 18.6. The number of hydrogen-bond donors (Lipinski definition) is 2. The van der Waals surface area contributed by atoms with Crippen LogP contribution in [0.2, 0.25) is 0 Å². The van der Waals surface area contributed by atoms with Gasteiger partial charge in [0.2, 0.25) is 0 Å². The van der Waals surface area contributed by atoms with Gasteiger partial charge in [0.05, 0.1) is 25.5 Å². The standard InChI is InChI=1S/C23H35N5O2/c1-24-23(25-16-20(27(2)3)18-9-7-10-19(15-18)29-4)26-17-21(22-11-8-14-30-22)28-12-5-6-13-28/h7-11,14-15,20-21H,5-6,12-13,16-17H2,1-4H3,(H2,24,25,26). The van der Waals surface area contributed by atoms with Crippen molar-refractivity contribution in [2.24, 2.45) is 4.99 Å². The molecule has 3 rings (SSSR count). The molecule has 7 nitrogen and oxygen atoms in total. The first-order valence-electron chi connectivity index (χ1n) is 10.6. The quantitative estimate of drug-likeness (QED) is 0.487. The van der Waals surface area contributed by atoms with Gasteiger partial charge in [-0.2, -0.15) is 0 Å². The van der Waals surface area contributed by atoms with E-state index in [0.29, 0.717) is 0 Å². The van der Waals surface area contributed by atoms with E-state index in [-0.39, 0.29) is 12.1 Å². The lowest BCUT2D eigenvalue weighted by Gasteiger charge is -2.28. The van der Waals surface area contributed by atoms with E-state index in [1.165, 1.54) is 18.4 Å². The number of benzene rings is 1. The van der Waals surface area contributed by atoms with E-state index in [1.54, 1.807) is 13.4 Å². The van der Waals surface area contributed by atoms with E-state index in [0.717, 1.165) is 43.6 Å². The van der Waals surface area contributed by atoms with Gasteiger partial charge in [0, 0.05) is 20.1 Å². The molecule has 0 spiro atoms. The van der Waals surface area contributed by atoms with E-state index in [4.69, 9.17) is 9.15 Å². The number of guanidine groups is 1. The molecule has 2 N–H and O–H groups in total. The lowest BCUT2D eigenvalue weighted by Crippen LogP contribution is -2.45. The highest BCUT2D eigenvalue weighted by atomic mass is 16.5. The Morgan fingerprint density at radius 3 is 2.57 bits per heavy atom. The maximum absolute atomic E-state index is 5.72. The van der Waals surface area contributed by atoms with Gasteiger partial charge < -0.3 is 24.7 Å². The normalized spacial score (nSPS) is 17.2. The highest BCUT2D eigenvalue weighted by Crippen LogP contribution is 2.25. The van der Waals surface area contributed by atoms with Crippen molar-refractivity contribution in [2.45, 2.75) is 24.9 Å². The summed E-state index contributed by atoms with van der Waals surface area (Å²) in [5.74, 6) is 2.66. The van der Waals surface area contributed by atoms with E-state index < -0.39 is 0 Å². The number of methoxy groups -OCH3 is 1. The summed E-state index contributed by atoms with van der Waals surface area (Å²) in [6.07, 6.45) is 4.24. The first kappa shape index (κ1) is 22.2. The molecule has 0 radical (unpaired) electrons. The fourth-order valence-corrected chi connectivity index (χ4v) is 4.00. The summed E-state index contributed by atoms with van der Waals surface area (Å²) in [6, 6.07) is 12.6. The van der Waals surface area contributed by atoms with E-state index in [9.17, 15) is 0 Å². The van der Waals surface area contributed by atoms with Gasteiger partial charge in [0.15, 0.2) is 5.96 Å². The van der Waals surface area contributed by atoms with Gasteiger partial charge in [-0.3, -0.25) is 9.89 Å². The summed E-state index contributed by atoms with van der Waals surface area (Å²) >= 11 is 0. The molecule has 1 aromatic heterocycles. The Labute approximate surface area is 180 Å². The van der Waals surface area contributed by atoms with Gasteiger partial charge >= 0.3 is 0 Å². The summed E-state index contributed by atoms with van der Waals surface area (Å²) in [5, 5.41) is 6.98. The van der Waals surface area contributed by atoms with Crippen LogP contribution in [-0.4, -0.2) is 70.2 Å². The van der Waals surface area contributed by atoms with Crippen LogP contribution in [0.1, 0.15) is 36.2 Å². The zero-order valence-corrected chi connectivity index (χ0v) is 18.6. The largest absolute Gasteiger partial charge is 0.497 e. The molecule has 2 heterocycles. The van der Waals surface area contributed by atoms with Gasteiger partial charge in [-0.25, -0.2) is 0 Å². The molecule has 7 heteroatoms. The van der Waals surface area contributed by atoms with E-state index in [2.05, 4.69) is 57.7 Å². The molecule has 164 valence electrons. The number of furan rings is 1. The third kappa shape index (κ3) is 5.77. The summed E-state index contributed by atoms with van der Waals surface area (Å²) < 4.78 is 11.1. The SMILES string of the molecule is CN=C(NCC(c1cccc(OC)c1)N(C)C)NCC(c1ccco1)N1CCCC1. The second-order valence-corrected chi connectivity index (χ2v) is 7.86. The molecule has 2 unspecified atom stereocenters. The molecule has 1 aliphatic heterocycles. The third-order valence-electron chi connectivity index (χ3n) is 5.70. The number of ether oxygens (including phenoxy) is 1. The van der Waals surface area contributed by atoms with Crippen molar-refractivity contribution in [3.8, 4) is 5.75 Å². The van der Waals surface area contributed by atoms with Crippen LogP contribution < -0.4 is 15.4 Å². The number of nitrogens with one attached hydrogen (secondary N) is 2. The summed E-state index contributed by atoms with van der Waals surface area (Å²) in [6.45, 7) is 3.70. The van der Waals surface area contributed by atoms with Crippen LogP contribution in [0.5, 0.6) is 5.75 Å². The van der Waals surface area contributed by atoms with Crippen molar-refractivity contribution in [1.29, 1.82) is 0 Å². The monoisotopic (exact) mass is 413 g/mol. The van der Waals surface area contributed by atoms with Crippen molar-refractivity contribution < 1.29 is 9.15 Å². The fourth-order valence-electron chi connectivity index (χ4n) is 4.00. The van der Waals surface area contributed by atoms with Crippen LogP contribution in [0.3, 0.4) is 0 Å². The molecule has 0 bridgehead atoms. The van der Waals surface area contributed by atoms with Crippen LogP contribution >= 0.6 is 0 Å². The third-order valence-corrected chi connectivity index (χ3v) is 5.70. The van der Waals surface area contributed by atoms with Crippen LogP contribution in [0.15, 0.2) is 52.1 Å². The van der Waals surface area contributed by atoms with Crippen molar-refractivity contribution in [3.63, 3.8) is 0 Å².